The monoisotopic (exact) mass is 326 g/mol. The van der Waals surface area contributed by atoms with Crippen LogP contribution in [0.5, 0.6) is 0 Å². The van der Waals surface area contributed by atoms with E-state index in [1.165, 1.54) is 7.11 Å². The minimum Gasteiger partial charge on any atom is -0.465 e. The molecule has 0 amide bonds. The number of carbonyl (C=O) groups excluding carboxylic acids is 1. The number of ether oxygens (including phenoxy) is 1. The van der Waals surface area contributed by atoms with E-state index in [2.05, 4.69) is 14.8 Å². The number of rotatable bonds is 7. The van der Waals surface area contributed by atoms with Crippen LogP contribution in [0.25, 0.3) is 0 Å². The molecule has 1 aromatic rings. The lowest BCUT2D eigenvalue weighted by atomic mass is 10.1. The van der Waals surface area contributed by atoms with Crippen molar-refractivity contribution in [1.29, 1.82) is 0 Å². The molecule has 1 aliphatic rings. The first-order chi connectivity index (χ1) is 10.5. The van der Waals surface area contributed by atoms with E-state index in [1.54, 1.807) is 24.3 Å². The van der Waals surface area contributed by atoms with Crippen LogP contribution >= 0.6 is 0 Å². The highest BCUT2D eigenvalue weighted by molar-refractivity contribution is 7.88. The lowest BCUT2D eigenvalue weighted by Crippen LogP contribution is -2.27. The van der Waals surface area contributed by atoms with Crippen LogP contribution in [0.3, 0.4) is 0 Å². The molecule has 1 aromatic carbocycles. The van der Waals surface area contributed by atoms with Crippen LogP contribution in [0, 0.1) is 5.92 Å². The van der Waals surface area contributed by atoms with Crippen LogP contribution in [0.4, 0.5) is 0 Å². The summed E-state index contributed by atoms with van der Waals surface area (Å²) in [4.78, 5) is 11.5. The zero-order valence-corrected chi connectivity index (χ0v) is 13.5. The van der Waals surface area contributed by atoms with Gasteiger partial charge in [0.15, 0.2) is 0 Å². The number of sulfonamides is 1. The Morgan fingerprint density at radius 3 is 2.95 bits per heavy atom. The van der Waals surface area contributed by atoms with Crippen LogP contribution in [0.2, 0.25) is 0 Å². The van der Waals surface area contributed by atoms with Gasteiger partial charge in [-0.05, 0) is 49.5 Å². The molecule has 1 unspecified atom stereocenters. The highest BCUT2D eigenvalue weighted by atomic mass is 32.2. The van der Waals surface area contributed by atoms with Gasteiger partial charge >= 0.3 is 5.97 Å². The average molecular weight is 326 g/mol. The molecule has 0 radical (unpaired) electrons. The smallest absolute Gasteiger partial charge is 0.337 e. The predicted molar refractivity (Wildman–Crippen MR) is 84.0 cm³/mol. The first kappa shape index (κ1) is 16.9. The fraction of sp³-hybridized carbons (Fsp3) is 0.533. The number of hydrogen-bond donors (Lipinski definition) is 2. The molecule has 122 valence electrons. The molecule has 7 heteroatoms. The van der Waals surface area contributed by atoms with E-state index >= 15 is 0 Å². The van der Waals surface area contributed by atoms with Crippen molar-refractivity contribution in [3.8, 4) is 0 Å². The Balaban J connectivity index is 1.89. The zero-order chi connectivity index (χ0) is 16.0. The quantitative estimate of drug-likeness (QED) is 0.727. The summed E-state index contributed by atoms with van der Waals surface area (Å²) in [5, 5.41) is 3.26. The molecule has 1 saturated heterocycles. The number of hydrogen-bond acceptors (Lipinski definition) is 5. The molecular formula is C15H22N2O4S. The van der Waals surface area contributed by atoms with Gasteiger partial charge in [-0.15, -0.1) is 0 Å². The van der Waals surface area contributed by atoms with E-state index in [-0.39, 0.29) is 5.75 Å². The molecule has 0 bridgehead atoms. The van der Waals surface area contributed by atoms with Crippen LogP contribution in [-0.4, -0.2) is 41.1 Å². The molecule has 2 N–H and O–H groups in total. The van der Waals surface area contributed by atoms with Gasteiger partial charge in [0, 0.05) is 6.54 Å². The fourth-order valence-electron chi connectivity index (χ4n) is 2.56. The largest absolute Gasteiger partial charge is 0.465 e. The number of carbonyl (C=O) groups is 1. The van der Waals surface area contributed by atoms with Gasteiger partial charge in [0.1, 0.15) is 0 Å². The highest BCUT2D eigenvalue weighted by Gasteiger charge is 2.17. The van der Waals surface area contributed by atoms with Gasteiger partial charge in [-0.2, -0.15) is 0 Å². The third kappa shape index (κ3) is 5.08. The van der Waals surface area contributed by atoms with Crippen LogP contribution < -0.4 is 10.0 Å². The van der Waals surface area contributed by atoms with Gasteiger partial charge in [0.2, 0.25) is 10.0 Å². The van der Waals surface area contributed by atoms with Crippen molar-refractivity contribution >= 4 is 16.0 Å². The molecule has 0 saturated carbocycles. The third-order valence-electron chi connectivity index (χ3n) is 3.74. The van der Waals surface area contributed by atoms with Crippen LogP contribution in [-0.2, 0) is 20.5 Å². The molecule has 22 heavy (non-hydrogen) atoms. The standard InChI is InChI=1S/C15H22N2O4S/c1-21-15(18)14-4-2-3-13(9-14)11-22(19,20)17-8-6-12-5-7-16-10-12/h2-4,9,12,16-17H,5-8,10-11H2,1H3. The molecule has 1 aliphatic heterocycles. The molecule has 2 rings (SSSR count). The summed E-state index contributed by atoms with van der Waals surface area (Å²) >= 11 is 0. The first-order valence-corrected chi connectivity index (χ1v) is 9.01. The maximum absolute atomic E-state index is 12.1. The summed E-state index contributed by atoms with van der Waals surface area (Å²) in [5.41, 5.74) is 0.921. The summed E-state index contributed by atoms with van der Waals surface area (Å²) in [7, 11) is -2.10. The van der Waals surface area contributed by atoms with Crippen molar-refractivity contribution in [1.82, 2.24) is 10.0 Å². The summed E-state index contributed by atoms with van der Waals surface area (Å²) in [5.74, 6) is -0.0629. The minimum atomic E-state index is -3.40. The van der Waals surface area contributed by atoms with Crippen molar-refractivity contribution in [3.05, 3.63) is 35.4 Å². The van der Waals surface area contributed by atoms with Gasteiger partial charge in [-0.1, -0.05) is 12.1 Å². The molecule has 0 aromatic heterocycles. The van der Waals surface area contributed by atoms with Crippen LogP contribution in [0.1, 0.15) is 28.8 Å². The van der Waals surface area contributed by atoms with Gasteiger partial charge in [0.05, 0.1) is 18.4 Å². The molecule has 0 aliphatic carbocycles. The SMILES string of the molecule is COC(=O)c1cccc(CS(=O)(=O)NCCC2CCNC2)c1. The van der Waals surface area contributed by atoms with Gasteiger partial charge in [-0.3, -0.25) is 0 Å². The Morgan fingerprint density at radius 1 is 1.45 bits per heavy atom. The van der Waals surface area contributed by atoms with Gasteiger partial charge in [0.25, 0.3) is 0 Å². The second-order valence-electron chi connectivity index (χ2n) is 5.49. The maximum atomic E-state index is 12.1. The van der Waals surface area contributed by atoms with Crippen molar-refractivity contribution < 1.29 is 17.9 Å². The Bertz CT molecular complexity index is 610. The van der Waals surface area contributed by atoms with Crippen molar-refractivity contribution in [2.24, 2.45) is 5.92 Å². The summed E-state index contributed by atoms with van der Waals surface area (Å²) in [6.45, 7) is 2.42. The van der Waals surface area contributed by atoms with E-state index < -0.39 is 16.0 Å². The Kier molecular flexibility index (Phi) is 5.93. The molecular weight excluding hydrogens is 304 g/mol. The zero-order valence-electron chi connectivity index (χ0n) is 12.7. The van der Waals surface area contributed by atoms with Crippen molar-refractivity contribution in [3.63, 3.8) is 0 Å². The predicted octanol–water partition coefficient (Wildman–Crippen LogP) is 0.892. The second-order valence-corrected chi connectivity index (χ2v) is 7.30. The minimum absolute atomic E-state index is 0.138. The number of benzene rings is 1. The van der Waals surface area contributed by atoms with Gasteiger partial charge in [-0.25, -0.2) is 17.9 Å². The Hall–Kier alpha value is -1.44. The molecule has 0 spiro atoms. The Morgan fingerprint density at radius 2 is 2.27 bits per heavy atom. The van der Waals surface area contributed by atoms with E-state index in [0.717, 1.165) is 25.9 Å². The number of methoxy groups -OCH3 is 1. The fourth-order valence-corrected chi connectivity index (χ4v) is 3.71. The van der Waals surface area contributed by atoms with E-state index in [0.29, 0.717) is 23.6 Å². The molecule has 6 nitrogen and oxygen atoms in total. The summed E-state index contributed by atoms with van der Waals surface area (Å²) in [6.07, 6.45) is 1.94. The number of nitrogens with one attached hydrogen (secondary N) is 2. The van der Waals surface area contributed by atoms with E-state index in [4.69, 9.17) is 0 Å². The topological polar surface area (TPSA) is 84.5 Å². The van der Waals surface area contributed by atoms with Crippen LogP contribution in [0.15, 0.2) is 24.3 Å². The summed E-state index contributed by atoms with van der Waals surface area (Å²) < 4.78 is 31.4. The highest BCUT2D eigenvalue weighted by Crippen LogP contribution is 2.12. The second kappa shape index (κ2) is 7.71. The first-order valence-electron chi connectivity index (χ1n) is 7.35. The molecule has 1 atom stereocenters. The van der Waals surface area contributed by atoms with E-state index in [9.17, 15) is 13.2 Å². The maximum Gasteiger partial charge on any atom is 0.337 e. The van der Waals surface area contributed by atoms with Crippen molar-refractivity contribution in [2.75, 3.05) is 26.7 Å². The average Bonchev–Trinajstić information content (AvgIpc) is 2.99. The molecule has 1 fully saturated rings. The van der Waals surface area contributed by atoms with Gasteiger partial charge < -0.3 is 10.1 Å². The Labute approximate surface area is 131 Å². The normalized spacial score (nSPS) is 18.3. The van der Waals surface area contributed by atoms with E-state index in [1.807, 2.05) is 0 Å². The lowest BCUT2D eigenvalue weighted by Gasteiger charge is -2.10. The lowest BCUT2D eigenvalue weighted by molar-refractivity contribution is 0.0600. The summed E-state index contributed by atoms with van der Waals surface area (Å²) in [6, 6.07) is 6.49. The van der Waals surface area contributed by atoms with Crippen molar-refractivity contribution in [2.45, 2.75) is 18.6 Å². The third-order valence-corrected chi connectivity index (χ3v) is 5.10. The molecule has 1 heterocycles. The number of esters is 1.